The Labute approximate surface area is 164 Å². The molecule has 0 aliphatic carbocycles. The zero-order valence-corrected chi connectivity index (χ0v) is 16.5. The smallest absolute Gasteiger partial charge is 0.252 e. The molecule has 0 saturated heterocycles. The minimum atomic E-state index is -0.698. The Hall–Kier alpha value is -3.23. The van der Waals surface area contributed by atoms with Crippen molar-refractivity contribution < 1.29 is 23.8 Å². The van der Waals surface area contributed by atoms with Crippen LogP contribution in [0.25, 0.3) is 0 Å². The second kappa shape index (κ2) is 10.2. The molecule has 28 heavy (non-hydrogen) atoms. The molecule has 9 nitrogen and oxygen atoms in total. The van der Waals surface area contributed by atoms with Crippen molar-refractivity contribution in [2.75, 3.05) is 27.9 Å². The third-order valence-corrected chi connectivity index (χ3v) is 4.09. The predicted molar refractivity (Wildman–Crippen MR) is 103 cm³/mol. The summed E-state index contributed by atoms with van der Waals surface area (Å²) < 4.78 is 17.5. The standard InChI is InChI=1S/C19H26N4O5/c1-13(18(24)20-7-5-9-23-10-6-8-21-23)22-19(25)14-11-15(26-2)17(28-4)16(12-14)27-3/h6,8,10-13H,5,7,9H2,1-4H3,(H,20,24)(H,22,25). The van der Waals surface area contributed by atoms with E-state index >= 15 is 0 Å². The molecule has 0 aliphatic heterocycles. The molecule has 0 radical (unpaired) electrons. The Morgan fingerprint density at radius 3 is 2.36 bits per heavy atom. The number of aryl methyl sites for hydroxylation is 1. The van der Waals surface area contributed by atoms with Crippen molar-refractivity contribution in [2.24, 2.45) is 0 Å². The van der Waals surface area contributed by atoms with Crippen molar-refractivity contribution in [3.05, 3.63) is 36.2 Å². The van der Waals surface area contributed by atoms with Crippen LogP contribution in [0, 0.1) is 0 Å². The van der Waals surface area contributed by atoms with E-state index in [-0.39, 0.29) is 5.91 Å². The van der Waals surface area contributed by atoms with Crippen LogP contribution in [0.2, 0.25) is 0 Å². The van der Waals surface area contributed by atoms with E-state index in [2.05, 4.69) is 15.7 Å². The first-order chi connectivity index (χ1) is 13.5. The second-order valence-corrected chi connectivity index (χ2v) is 6.02. The van der Waals surface area contributed by atoms with Gasteiger partial charge in [-0.15, -0.1) is 0 Å². The Bertz CT molecular complexity index is 767. The zero-order chi connectivity index (χ0) is 20.5. The van der Waals surface area contributed by atoms with Crippen molar-refractivity contribution in [3.8, 4) is 17.2 Å². The van der Waals surface area contributed by atoms with Crippen LogP contribution in [0.15, 0.2) is 30.6 Å². The maximum Gasteiger partial charge on any atom is 0.252 e. The fourth-order valence-corrected chi connectivity index (χ4v) is 2.60. The number of carbonyl (C=O) groups excluding carboxylic acids is 2. The quantitative estimate of drug-likeness (QED) is 0.592. The summed E-state index contributed by atoms with van der Waals surface area (Å²) >= 11 is 0. The summed E-state index contributed by atoms with van der Waals surface area (Å²) in [6.45, 7) is 2.82. The Morgan fingerprint density at radius 2 is 1.82 bits per heavy atom. The largest absolute Gasteiger partial charge is 0.493 e. The van der Waals surface area contributed by atoms with Gasteiger partial charge in [-0.05, 0) is 31.5 Å². The molecule has 0 fully saturated rings. The van der Waals surface area contributed by atoms with Crippen molar-refractivity contribution >= 4 is 11.8 Å². The van der Waals surface area contributed by atoms with Crippen molar-refractivity contribution in [3.63, 3.8) is 0 Å². The number of benzene rings is 1. The van der Waals surface area contributed by atoms with Gasteiger partial charge in [0, 0.05) is 31.0 Å². The molecule has 0 spiro atoms. The molecule has 2 rings (SSSR count). The van der Waals surface area contributed by atoms with Crippen molar-refractivity contribution in [1.82, 2.24) is 20.4 Å². The summed E-state index contributed by atoms with van der Waals surface area (Å²) in [4.78, 5) is 24.7. The Morgan fingerprint density at radius 1 is 1.14 bits per heavy atom. The second-order valence-electron chi connectivity index (χ2n) is 6.02. The van der Waals surface area contributed by atoms with E-state index in [1.807, 2.05) is 12.3 Å². The van der Waals surface area contributed by atoms with Crippen LogP contribution >= 0.6 is 0 Å². The van der Waals surface area contributed by atoms with Gasteiger partial charge in [0.15, 0.2) is 11.5 Å². The molecule has 1 aromatic carbocycles. The molecular formula is C19H26N4O5. The number of rotatable bonds is 10. The molecule has 0 bridgehead atoms. The lowest BCUT2D eigenvalue weighted by molar-refractivity contribution is -0.122. The average Bonchev–Trinajstić information content (AvgIpc) is 3.23. The topological polar surface area (TPSA) is 104 Å². The van der Waals surface area contributed by atoms with E-state index in [4.69, 9.17) is 14.2 Å². The van der Waals surface area contributed by atoms with E-state index in [1.165, 1.54) is 33.5 Å². The highest BCUT2D eigenvalue weighted by Gasteiger charge is 2.20. The van der Waals surface area contributed by atoms with Crippen molar-refractivity contribution in [1.29, 1.82) is 0 Å². The molecule has 2 N–H and O–H groups in total. The van der Waals surface area contributed by atoms with Gasteiger partial charge in [0.1, 0.15) is 6.04 Å². The van der Waals surface area contributed by atoms with Crippen LogP contribution in [0.1, 0.15) is 23.7 Å². The Balaban J connectivity index is 1.91. The van der Waals surface area contributed by atoms with Gasteiger partial charge < -0.3 is 24.8 Å². The minimum Gasteiger partial charge on any atom is -0.493 e. The predicted octanol–water partition coefficient (Wildman–Crippen LogP) is 1.23. The summed E-state index contributed by atoms with van der Waals surface area (Å²) in [5.41, 5.74) is 0.299. The normalized spacial score (nSPS) is 11.4. The molecule has 1 atom stereocenters. The number of hydrogen-bond donors (Lipinski definition) is 2. The fraction of sp³-hybridized carbons (Fsp3) is 0.421. The lowest BCUT2D eigenvalue weighted by Crippen LogP contribution is -2.45. The van der Waals surface area contributed by atoms with Crippen LogP contribution < -0.4 is 24.8 Å². The van der Waals surface area contributed by atoms with Crippen LogP contribution in [-0.4, -0.2) is 55.5 Å². The van der Waals surface area contributed by atoms with Gasteiger partial charge >= 0.3 is 0 Å². The maximum atomic E-state index is 12.5. The van der Waals surface area contributed by atoms with E-state index in [1.54, 1.807) is 17.8 Å². The van der Waals surface area contributed by atoms with Gasteiger partial charge in [0.05, 0.1) is 21.3 Å². The monoisotopic (exact) mass is 390 g/mol. The van der Waals surface area contributed by atoms with Crippen LogP contribution in [0.4, 0.5) is 0 Å². The van der Waals surface area contributed by atoms with Gasteiger partial charge in [0.25, 0.3) is 5.91 Å². The molecular weight excluding hydrogens is 364 g/mol. The van der Waals surface area contributed by atoms with E-state index in [0.717, 1.165) is 6.42 Å². The fourth-order valence-electron chi connectivity index (χ4n) is 2.60. The molecule has 1 unspecified atom stereocenters. The van der Waals surface area contributed by atoms with Crippen LogP contribution in [-0.2, 0) is 11.3 Å². The molecule has 0 saturated carbocycles. The molecule has 2 aromatic rings. The van der Waals surface area contributed by atoms with E-state index in [0.29, 0.717) is 35.9 Å². The number of carbonyl (C=O) groups is 2. The van der Waals surface area contributed by atoms with Crippen molar-refractivity contribution in [2.45, 2.75) is 25.9 Å². The third-order valence-electron chi connectivity index (χ3n) is 4.09. The first-order valence-corrected chi connectivity index (χ1v) is 8.86. The lowest BCUT2D eigenvalue weighted by atomic mass is 10.1. The van der Waals surface area contributed by atoms with Gasteiger partial charge in [0.2, 0.25) is 11.7 Å². The molecule has 1 heterocycles. The number of hydrogen-bond acceptors (Lipinski definition) is 6. The summed E-state index contributed by atoms with van der Waals surface area (Å²) in [6, 6.07) is 4.21. The molecule has 152 valence electrons. The maximum absolute atomic E-state index is 12.5. The summed E-state index contributed by atoms with van der Waals surface area (Å²) in [5, 5.41) is 9.57. The summed E-state index contributed by atoms with van der Waals surface area (Å²) in [7, 11) is 4.43. The third kappa shape index (κ3) is 5.38. The number of nitrogens with one attached hydrogen (secondary N) is 2. The first kappa shape index (κ1) is 21.1. The number of ether oxygens (including phenoxy) is 3. The van der Waals surface area contributed by atoms with Gasteiger partial charge in [-0.1, -0.05) is 0 Å². The molecule has 0 aliphatic rings. The van der Waals surface area contributed by atoms with Gasteiger partial charge in [-0.3, -0.25) is 14.3 Å². The van der Waals surface area contributed by atoms with E-state index in [9.17, 15) is 9.59 Å². The first-order valence-electron chi connectivity index (χ1n) is 8.86. The summed E-state index contributed by atoms with van der Waals surface area (Å²) in [5.74, 6) is 0.440. The molecule has 1 aromatic heterocycles. The number of nitrogens with zero attached hydrogens (tertiary/aromatic N) is 2. The molecule has 2 amide bonds. The Kier molecular flexibility index (Phi) is 7.67. The highest BCUT2D eigenvalue weighted by Crippen LogP contribution is 2.38. The highest BCUT2D eigenvalue weighted by atomic mass is 16.5. The molecule has 9 heteroatoms. The number of aromatic nitrogens is 2. The lowest BCUT2D eigenvalue weighted by Gasteiger charge is -2.16. The van der Waals surface area contributed by atoms with E-state index < -0.39 is 11.9 Å². The zero-order valence-electron chi connectivity index (χ0n) is 16.5. The van der Waals surface area contributed by atoms with Crippen LogP contribution in [0.3, 0.4) is 0 Å². The minimum absolute atomic E-state index is 0.263. The van der Waals surface area contributed by atoms with Gasteiger partial charge in [-0.2, -0.15) is 5.10 Å². The highest BCUT2D eigenvalue weighted by molar-refractivity contribution is 5.98. The number of methoxy groups -OCH3 is 3. The average molecular weight is 390 g/mol. The van der Waals surface area contributed by atoms with Crippen LogP contribution in [0.5, 0.6) is 17.2 Å². The summed E-state index contributed by atoms with van der Waals surface area (Å²) in [6.07, 6.45) is 4.31. The SMILES string of the molecule is COc1cc(C(=O)NC(C)C(=O)NCCCn2cccn2)cc(OC)c1OC. The number of amides is 2. The van der Waals surface area contributed by atoms with Gasteiger partial charge in [-0.25, -0.2) is 0 Å².